The summed E-state index contributed by atoms with van der Waals surface area (Å²) < 4.78 is 27.9. The van der Waals surface area contributed by atoms with Gasteiger partial charge in [0.05, 0.1) is 23.0 Å². The molecule has 0 saturated heterocycles. The zero-order chi connectivity index (χ0) is 22.1. The molecule has 0 unspecified atom stereocenters. The van der Waals surface area contributed by atoms with E-state index in [0.29, 0.717) is 12.8 Å². The summed E-state index contributed by atoms with van der Waals surface area (Å²) in [5.74, 6) is 0. The predicted molar refractivity (Wildman–Crippen MR) is 117 cm³/mol. The number of nitrogens with zero attached hydrogens (tertiary/aromatic N) is 5. The van der Waals surface area contributed by atoms with Gasteiger partial charge in [0.2, 0.25) is 0 Å². The van der Waals surface area contributed by atoms with Crippen LogP contribution in [0, 0.1) is 11.3 Å². The van der Waals surface area contributed by atoms with Crippen molar-refractivity contribution in [2.24, 2.45) is 0 Å². The summed E-state index contributed by atoms with van der Waals surface area (Å²) in [7, 11) is -3.80. The first-order valence-corrected chi connectivity index (χ1v) is 11.4. The number of hydrogen-bond donors (Lipinski definition) is 3. The van der Waals surface area contributed by atoms with Crippen LogP contribution in [0.15, 0.2) is 60.4 Å². The summed E-state index contributed by atoms with van der Waals surface area (Å²) in [5, 5.41) is 13.3. The van der Waals surface area contributed by atoms with E-state index < -0.39 is 10.0 Å². The molecule has 1 fully saturated rings. The van der Waals surface area contributed by atoms with Crippen LogP contribution in [0.2, 0.25) is 0 Å². The number of nitriles is 1. The second-order valence-electron chi connectivity index (χ2n) is 7.51. The Morgan fingerprint density at radius 3 is 2.75 bits per heavy atom. The fourth-order valence-corrected chi connectivity index (χ4v) is 4.98. The highest BCUT2D eigenvalue weighted by Crippen LogP contribution is 2.35. The highest BCUT2D eigenvalue weighted by Gasteiger charge is 2.34. The molecular formula is C21H18N8O2S. The van der Waals surface area contributed by atoms with Gasteiger partial charge in [-0.3, -0.25) is 0 Å². The van der Waals surface area contributed by atoms with Gasteiger partial charge in [0.15, 0.2) is 5.03 Å². The fraction of sp³-hybridized carbons (Fsp3) is 0.190. The lowest BCUT2D eigenvalue weighted by Gasteiger charge is -2.37. The molecule has 4 heterocycles. The van der Waals surface area contributed by atoms with E-state index in [2.05, 4.69) is 35.0 Å². The van der Waals surface area contributed by atoms with E-state index in [-0.39, 0.29) is 22.7 Å². The first-order chi connectivity index (χ1) is 15.5. The zero-order valence-corrected chi connectivity index (χ0v) is 17.5. The molecule has 4 aromatic heterocycles. The summed E-state index contributed by atoms with van der Waals surface area (Å²) in [4.78, 5) is 19.8. The molecule has 5 rings (SSSR count). The Morgan fingerprint density at radius 2 is 1.97 bits per heavy atom. The molecule has 3 N–H and O–H groups in total. The van der Waals surface area contributed by atoms with Crippen LogP contribution in [0.1, 0.15) is 18.4 Å². The Morgan fingerprint density at radius 1 is 1.09 bits per heavy atom. The average molecular weight is 446 g/mol. The van der Waals surface area contributed by atoms with Crippen LogP contribution in [-0.4, -0.2) is 45.4 Å². The molecule has 0 amide bonds. The number of rotatable bonds is 6. The van der Waals surface area contributed by atoms with Gasteiger partial charge in [-0.25, -0.2) is 33.1 Å². The van der Waals surface area contributed by atoms with Crippen molar-refractivity contribution in [2.45, 2.75) is 30.0 Å². The Labute approximate surface area is 183 Å². The number of H-pyrrole nitrogens is 1. The van der Waals surface area contributed by atoms with Gasteiger partial charge < -0.3 is 10.3 Å². The van der Waals surface area contributed by atoms with Crippen molar-refractivity contribution in [2.75, 3.05) is 5.32 Å². The molecule has 0 atom stereocenters. The first kappa shape index (κ1) is 20.0. The van der Waals surface area contributed by atoms with Crippen molar-refractivity contribution in [1.82, 2.24) is 29.6 Å². The van der Waals surface area contributed by atoms with Crippen LogP contribution in [0.3, 0.4) is 0 Å². The van der Waals surface area contributed by atoms with Crippen molar-refractivity contribution in [3.8, 4) is 17.3 Å². The molecule has 0 bridgehead atoms. The first-order valence-electron chi connectivity index (χ1n) is 9.91. The van der Waals surface area contributed by atoms with E-state index >= 15 is 0 Å². The second kappa shape index (κ2) is 7.99. The van der Waals surface area contributed by atoms with Crippen LogP contribution >= 0.6 is 0 Å². The minimum atomic E-state index is -3.80. The summed E-state index contributed by atoms with van der Waals surface area (Å²) >= 11 is 0. The quantitative estimate of drug-likeness (QED) is 0.408. The van der Waals surface area contributed by atoms with Crippen LogP contribution < -0.4 is 10.0 Å². The van der Waals surface area contributed by atoms with Gasteiger partial charge in [0, 0.05) is 47.8 Å². The van der Waals surface area contributed by atoms with Crippen LogP contribution in [-0.2, 0) is 10.0 Å². The standard InChI is InChI=1S/C21H18N8O2S/c22-10-13-1-5-24-19(7-13)32(30,31)29-15-8-14(9-15)28-20-16-2-6-25-21(16)26-11-17(20)18-3-4-23-12-27-18/h1-7,11-12,14-15,29H,8-9H2,(H2,25,26,28)/t14-,15+. The van der Waals surface area contributed by atoms with E-state index in [4.69, 9.17) is 5.26 Å². The normalized spacial score (nSPS) is 18.1. The maximum absolute atomic E-state index is 12.6. The van der Waals surface area contributed by atoms with Gasteiger partial charge in [-0.2, -0.15) is 5.26 Å². The molecule has 0 spiro atoms. The number of pyridine rings is 2. The van der Waals surface area contributed by atoms with Gasteiger partial charge in [0.25, 0.3) is 10.0 Å². The Kier molecular flexibility index (Phi) is 5.01. The summed E-state index contributed by atoms with van der Waals surface area (Å²) in [5.41, 5.74) is 3.49. The number of anilines is 1. The van der Waals surface area contributed by atoms with Crippen molar-refractivity contribution in [3.63, 3.8) is 0 Å². The van der Waals surface area contributed by atoms with Crippen LogP contribution in [0.25, 0.3) is 22.3 Å². The van der Waals surface area contributed by atoms with E-state index in [1.807, 2.05) is 24.4 Å². The molecule has 160 valence electrons. The third-order valence-corrected chi connectivity index (χ3v) is 6.81. The van der Waals surface area contributed by atoms with Crippen LogP contribution in [0.4, 0.5) is 5.69 Å². The minimum absolute atomic E-state index is 0.0715. The smallest absolute Gasteiger partial charge is 0.258 e. The molecule has 4 aromatic rings. The van der Waals surface area contributed by atoms with Crippen LogP contribution in [0.5, 0.6) is 0 Å². The van der Waals surface area contributed by atoms with E-state index in [1.165, 1.54) is 24.7 Å². The highest BCUT2D eigenvalue weighted by molar-refractivity contribution is 7.89. The average Bonchev–Trinajstić information content (AvgIpc) is 3.27. The Bertz CT molecular complexity index is 1420. The van der Waals surface area contributed by atoms with Gasteiger partial charge in [-0.1, -0.05) is 0 Å². The largest absolute Gasteiger partial charge is 0.381 e. The van der Waals surface area contributed by atoms with Gasteiger partial charge in [-0.15, -0.1) is 0 Å². The molecule has 1 aliphatic rings. The lowest BCUT2D eigenvalue weighted by atomic mass is 9.87. The van der Waals surface area contributed by atoms with Crippen molar-refractivity contribution in [1.29, 1.82) is 5.26 Å². The molecule has 1 saturated carbocycles. The Hall–Kier alpha value is -3.88. The SMILES string of the molecule is N#Cc1ccnc(S(=O)(=O)N[C@H]2C[C@@H](Nc3c(-c4ccncn4)cnc4[nH]ccc34)C2)c1. The van der Waals surface area contributed by atoms with Gasteiger partial charge >= 0.3 is 0 Å². The lowest BCUT2D eigenvalue weighted by molar-refractivity contribution is 0.346. The van der Waals surface area contributed by atoms with E-state index in [0.717, 1.165) is 28.0 Å². The molecule has 11 heteroatoms. The molecule has 10 nitrogen and oxygen atoms in total. The van der Waals surface area contributed by atoms with Crippen molar-refractivity contribution >= 4 is 26.7 Å². The molecule has 0 aliphatic heterocycles. The summed E-state index contributed by atoms with van der Waals surface area (Å²) in [6, 6.07) is 8.27. The number of nitrogens with one attached hydrogen (secondary N) is 3. The minimum Gasteiger partial charge on any atom is -0.381 e. The zero-order valence-electron chi connectivity index (χ0n) is 16.7. The fourth-order valence-electron chi connectivity index (χ4n) is 3.75. The topological polar surface area (TPSA) is 149 Å². The van der Waals surface area contributed by atoms with E-state index in [1.54, 1.807) is 12.4 Å². The molecule has 0 aromatic carbocycles. The molecule has 0 radical (unpaired) electrons. The molecular weight excluding hydrogens is 428 g/mol. The number of sulfonamides is 1. The van der Waals surface area contributed by atoms with E-state index in [9.17, 15) is 8.42 Å². The third-order valence-electron chi connectivity index (χ3n) is 5.39. The number of aromatic amines is 1. The number of aromatic nitrogens is 5. The van der Waals surface area contributed by atoms with Gasteiger partial charge in [-0.05, 0) is 37.1 Å². The van der Waals surface area contributed by atoms with Crippen molar-refractivity contribution < 1.29 is 8.42 Å². The monoisotopic (exact) mass is 446 g/mol. The number of hydrogen-bond acceptors (Lipinski definition) is 8. The maximum atomic E-state index is 12.6. The summed E-state index contributed by atoms with van der Waals surface area (Å²) in [6.07, 6.45) is 9.28. The van der Waals surface area contributed by atoms with Gasteiger partial charge in [0.1, 0.15) is 12.0 Å². The second-order valence-corrected chi connectivity index (χ2v) is 9.17. The third kappa shape index (κ3) is 3.77. The Balaban J connectivity index is 1.32. The highest BCUT2D eigenvalue weighted by atomic mass is 32.2. The summed E-state index contributed by atoms with van der Waals surface area (Å²) in [6.45, 7) is 0. The molecule has 1 aliphatic carbocycles. The predicted octanol–water partition coefficient (Wildman–Crippen LogP) is 2.21. The maximum Gasteiger partial charge on any atom is 0.258 e. The van der Waals surface area contributed by atoms with Crippen molar-refractivity contribution in [3.05, 3.63) is 60.9 Å². The lowest BCUT2D eigenvalue weighted by Crippen LogP contribution is -2.49. The number of fused-ring (bicyclic) bond motifs is 1. The molecule has 32 heavy (non-hydrogen) atoms.